The van der Waals surface area contributed by atoms with Crippen molar-refractivity contribution in [1.29, 1.82) is 5.26 Å². The minimum absolute atomic E-state index is 0.113. The first-order valence-electron chi connectivity index (χ1n) is 9.82. The Balaban J connectivity index is 2.07. The van der Waals surface area contributed by atoms with Crippen LogP contribution in [0.4, 0.5) is 17.1 Å². The number of nitriles is 1. The lowest BCUT2D eigenvalue weighted by Crippen LogP contribution is -2.39. The standard InChI is InChI=1S/C21H12N6O10/c1-37-21(32)18(29)15(16-19(30)25-14-7-11(27(35)36)3-5-13(14)23-16)17(28)20(31)24-12-4-2-10(26(33)34)6-9(12)8-22/h2-7,15H,1H3,(H,24,31)(H,25,30). The number of nitrogens with one attached hydrogen (secondary N) is 2. The lowest BCUT2D eigenvalue weighted by molar-refractivity contribution is -0.385. The Hall–Kier alpha value is -5.85. The molecule has 3 aromatic rings. The van der Waals surface area contributed by atoms with Gasteiger partial charge in [0.05, 0.1) is 39.2 Å². The zero-order valence-corrected chi connectivity index (χ0v) is 18.4. The third-order valence-electron chi connectivity index (χ3n) is 4.90. The van der Waals surface area contributed by atoms with E-state index in [1.807, 2.05) is 5.32 Å². The average Bonchev–Trinajstić information content (AvgIpc) is 2.87. The van der Waals surface area contributed by atoms with Crippen LogP contribution < -0.4 is 10.9 Å². The molecule has 1 unspecified atom stereocenters. The Kier molecular flexibility index (Phi) is 7.09. The maximum Gasteiger partial charge on any atom is 0.375 e. The highest BCUT2D eigenvalue weighted by Gasteiger charge is 2.40. The van der Waals surface area contributed by atoms with Crippen LogP contribution >= 0.6 is 0 Å². The number of anilines is 1. The van der Waals surface area contributed by atoms with Crippen LogP contribution in [0.2, 0.25) is 0 Å². The molecule has 0 bridgehead atoms. The van der Waals surface area contributed by atoms with Crippen molar-refractivity contribution in [3.8, 4) is 6.07 Å². The van der Waals surface area contributed by atoms with Gasteiger partial charge >= 0.3 is 5.97 Å². The number of carbonyl (C=O) groups excluding carboxylic acids is 4. The molecule has 0 fully saturated rings. The van der Waals surface area contributed by atoms with Gasteiger partial charge in [0.25, 0.3) is 28.6 Å². The van der Waals surface area contributed by atoms with Gasteiger partial charge in [-0.2, -0.15) is 5.26 Å². The van der Waals surface area contributed by atoms with E-state index in [1.54, 1.807) is 6.07 Å². The van der Waals surface area contributed by atoms with Crippen LogP contribution in [0.25, 0.3) is 11.0 Å². The number of ether oxygens (including phenoxy) is 1. The third kappa shape index (κ3) is 5.14. The highest BCUT2D eigenvalue weighted by Crippen LogP contribution is 2.24. The Bertz CT molecular complexity index is 1620. The Morgan fingerprint density at radius 1 is 1.05 bits per heavy atom. The number of carbonyl (C=O) groups is 4. The second kappa shape index (κ2) is 10.2. The summed E-state index contributed by atoms with van der Waals surface area (Å²) >= 11 is 0. The van der Waals surface area contributed by atoms with E-state index in [0.29, 0.717) is 0 Å². The van der Waals surface area contributed by atoms with Gasteiger partial charge in [0.2, 0.25) is 5.78 Å². The van der Waals surface area contributed by atoms with Crippen LogP contribution in [0.1, 0.15) is 17.2 Å². The van der Waals surface area contributed by atoms with Gasteiger partial charge in [-0.15, -0.1) is 0 Å². The normalized spacial score (nSPS) is 11.1. The van der Waals surface area contributed by atoms with E-state index in [9.17, 15) is 49.5 Å². The van der Waals surface area contributed by atoms with Gasteiger partial charge in [-0.05, 0) is 12.1 Å². The Labute approximate surface area is 203 Å². The van der Waals surface area contributed by atoms with Crippen LogP contribution in [0.15, 0.2) is 41.2 Å². The molecular formula is C21H12N6O10. The number of nitrogens with zero attached hydrogens (tertiary/aromatic N) is 4. The summed E-state index contributed by atoms with van der Waals surface area (Å²) in [5, 5.41) is 33.1. The van der Waals surface area contributed by atoms with Crippen molar-refractivity contribution in [2.75, 3.05) is 12.4 Å². The molecule has 16 nitrogen and oxygen atoms in total. The summed E-state index contributed by atoms with van der Waals surface area (Å²) in [4.78, 5) is 89.4. The smallest absolute Gasteiger partial charge is 0.375 e. The fraction of sp³-hybridized carbons (Fsp3) is 0.0952. The molecule has 0 saturated carbocycles. The zero-order chi connectivity index (χ0) is 27.4. The minimum atomic E-state index is -2.39. The van der Waals surface area contributed by atoms with Crippen molar-refractivity contribution in [2.24, 2.45) is 0 Å². The molecular weight excluding hydrogens is 496 g/mol. The number of nitro groups is 2. The molecule has 1 atom stereocenters. The number of Topliss-reactive ketones (excluding diaryl/α,β-unsaturated/α-hetero) is 2. The maximum atomic E-state index is 13.0. The van der Waals surface area contributed by atoms with Crippen molar-refractivity contribution in [3.63, 3.8) is 0 Å². The Morgan fingerprint density at radius 2 is 1.68 bits per heavy atom. The Morgan fingerprint density at radius 3 is 2.27 bits per heavy atom. The monoisotopic (exact) mass is 508 g/mol. The van der Waals surface area contributed by atoms with Gasteiger partial charge in [-0.3, -0.25) is 39.4 Å². The van der Waals surface area contributed by atoms with Crippen LogP contribution in [-0.4, -0.2) is 50.4 Å². The molecule has 1 amide bonds. The number of hydrogen-bond acceptors (Lipinski definition) is 12. The SMILES string of the molecule is COC(=O)C(=O)C(C(=O)C(=O)Nc1ccc([N+](=O)[O-])cc1C#N)c1nc2ccc([N+](=O)[O-])cc2[nH]c1=O. The van der Waals surface area contributed by atoms with Crippen LogP contribution in [0, 0.1) is 31.6 Å². The van der Waals surface area contributed by atoms with E-state index in [2.05, 4.69) is 14.7 Å². The van der Waals surface area contributed by atoms with Crippen molar-refractivity contribution < 1.29 is 33.8 Å². The zero-order valence-electron chi connectivity index (χ0n) is 18.4. The number of ketones is 2. The largest absolute Gasteiger partial charge is 0.463 e. The lowest BCUT2D eigenvalue weighted by Gasteiger charge is -2.13. The fourth-order valence-electron chi connectivity index (χ4n) is 3.15. The second-order valence-electron chi connectivity index (χ2n) is 7.12. The van der Waals surface area contributed by atoms with Crippen molar-refractivity contribution >= 4 is 51.5 Å². The lowest BCUT2D eigenvalue weighted by atomic mass is 9.94. The number of aromatic amines is 1. The van der Waals surface area contributed by atoms with Gasteiger partial charge in [0.15, 0.2) is 0 Å². The molecule has 1 heterocycles. The van der Waals surface area contributed by atoms with Crippen molar-refractivity contribution in [1.82, 2.24) is 9.97 Å². The van der Waals surface area contributed by atoms with E-state index >= 15 is 0 Å². The summed E-state index contributed by atoms with van der Waals surface area (Å²) in [7, 11) is 0.815. The van der Waals surface area contributed by atoms with Gasteiger partial charge in [0.1, 0.15) is 17.7 Å². The van der Waals surface area contributed by atoms with E-state index in [-0.39, 0.29) is 16.7 Å². The molecule has 2 N–H and O–H groups in total. The maximum absolute atomic E-state index is 13.0. The van der Waals surface area contributed by atoms with Gasteiger partial charge in [-0.1, -0.05) is 0 Å². The number of esters is 1. The molecule has 3 rings (SSSR count). The predicted octanol–water partition coefficient (Wildman–Crippen LogP) is 0.645. The van der Waals surface area contributed by atoms with Crippen molar-refractivity contribution in [3.05, 3.63) is 78.2 Å². The average molecular weight is 508 g/mol. The number of non-ortho nitro benzene ring substituents is 2. The summed E-state index contributed by atoms with van der Waals surface area (Å²) in [6.45, 7) is 0. The van der Waals surface area contributed by atoms with E-state index < -0.39 is 67.4 Å². The second-order valence-corrected chi connectivity index (χ2v) is 7.12. The number of rotatable bonds is 8. The summed E-state index contributed by atoms with van der Waals surface area (Å²) in [6, 6.07) is 7.43. The molecule has 0 aliphatic carbocycles. The molecule has 0 aliphatic rings. The molecule has 37 heavy (non-hydrogen) atoms. The van der Waals surface area contributed by atoms with Gasteiger partial charge in [-0.25, -0.2) is 9.78 Å². The number of amides is 1. The van der Waals surface area contributed by atoms with Crippen LogP contribution in [-0.2, 0) is 23.9 Å². The first-order valence-corrected chi connectivity index (χ1v) is 9.82. The number of methoxy groups -OCH3 is 1. The topological polar surface area (TPSA) is 245 Å². The number of fused-ring (bicyclic) bond motifs is 1. The third-order valence-corrected chi connectivity index (χ3v) is 4.90. The number of hydrogen-bond donors (Lipinski definition) is 2. The highest BCUT2D eigenvalue weighted by molar-refractivity contribution is 6.52. The molecule has 16 heteroatoms. The van der Waals surface area contributed by atoms with Crippen LogP contribution in [0.5, 0.6) is 0 Å². The van der Waals surface area contributed by atoms with E-state index in [0.717, 1.165) is 43.5 Å². The number of benzene rings is 2. The number of nitro benzene ring substituents is 2. The number of aromatic nitrogens is 2. The molecule has 0 aliphatic heterocycles. The molecule has 186 valence electrons. The molecule has 1 aromatic heterocycles. The molecule has 0 radical (unpaired) electrons. The quantitative estimate of drug-likeness (QED) is 0.140. The minimum Gasteiger partial charge on any atom is -0.463 e. The number of H-pyrrole nitrogens is 1. The van der Waals surface area contributed by atoms with Crippen molar-refractivity contribution in [2.45, 2.75) is 5.92 Å². The summed E-state index contributed by atoms with van der Waals surface area (Å²) in [5.74, 6) is -8.79. The van der Waals surface area contributed by atoms with Gasteiger partial charge in [0, 0.05) is 24.3 Å². The van der Waals surface area contributed by atoms with Crippen LogP contribution in [0.3, 0.4) is 0 Å². The molecule has 0 spiro atoms. The van der Waals surface area contributed by atoms with E-state index in [4.69, 9.17) is 0 Å². The predicted molar refractivity (Wildman–Crippen MR) is 120 cm³/mol. The van der Waals surface area contributed by atoms with E-state index in [1.165, 1.54) is 0 Å². The fourth-order valence-corrected chi connectivity index (χ4v) is 3.15. The summed E-state index contributed by atoms with van der Waals surface area (Å²) < 4.78 is 4.31. The highest BCUT2D eigenvalue weighted by atomic mass is 16.6. The summed E-state index contributed by atoms with van der Waals surface area (Å²) in [5.41, 5.74) is -3.92. The summed E-state index contributed by atoms with van der Waals surface area (Å²) in [6.07, 6.45) is 0. The van der Waals surface area contributed by atoms with Gasteiger partial charge < -0.3 is 15.0 Å². The molecule has 2 aromatic carbocycles. The first kappa shape index (κ1) is 25.8. The first-order chi connectivity index (χ1) is 17.5. The molecule has 0 saturated heterocycles.